The first-order chi connectivity index (χ1) is 8.45. The molecule has 100 valence electrons. The first-order valence-electron chi connectivity index (χ1n) is 5.29. The number of carbonyl (C=O) groups excluding carboxylic acids is 1. The lowest BCUT2D eigenvalue weighted by atomic mass is 10.6. The molecule has 8 heteroatoms. The van der Waals surface area contributed by atoms with E-state index in [1.54, 1.807) is 38.0 Å². The van der Waals surface area contributed by atoms with Gasteiger partial charge in [-0.2, -0.15) is 15.0 Å². The van der Waals surface area contributed by atoms with Crippen LogP contribution in [0.1, 0.15) is 10.6 Å². The largest absolute Gasteiger partial charge is 0.459 e. The minimum absolute atomic E-state index is 0.0254. The van der Waals surface area contributed by atoms with Crippen LogP contribution < -0.4 is 9.80 Å². The fourth-order valence-electron chi connectivity index (χ4n) is 1.04. The van der Waals surface area contributed by atoms with Crippen molar-refractivity contribution in [3.8, 4) is 0 Å². The molecule has 0 bridgehead atoms. The number of esters is 1. The number of aromatic nitrogens is 3. The molecular weight excluding hydrogens is 258 g/mol. The van der Waals surface area contributed by atoms with E-state index in [2.05, 4.69) is 15.0 Å². The molecule has 18 heavy (non-hydrogen) atoms. The molecule has 0 unspecified atom stereocenters. The molecule has 0 aliphatic heterocycles. The van der Waals surface area contributed by atoms with E-state index in [1.165, 1.54) is 0 Å². The normalized spacial score (nSPS) is 10.1. The van der Waals surface area contributed by atoms with Crippen molar-refractivity contribution in [1.82, 2.24) is 15.0 Å². The zero-order chi connectivity index (χ0) is 13.7. The number of anilines is 2. The van der Waals surface area contributed by atoms with Gasteiger partial charge in [-0.05, 0) is 0 Å². The van der Waals surface area contributed by atoms with Crippen LogP contribution in [0.2, 0.25) is 0 Å². The van der Waals surface area contributed by atoms with Gasteiger partial charge in [0, 0.05) is 28.2 Å². The van der Waals surface area contributed by atoms with Crippen LogP contribution in [0.4, 0.5) is 11.9 Å². The average Bonchev–Trinajstić information content (AvgIpc) is 2.35. The minimum atomic E-state index is -0.607. The van der Waals surface area contributed by atoms with E-state index >= 15 is 0 Å². The predicted molar refractivity (Wildman–Crippen MR) is 69.5 cm³/mol. The standard InChI is InChI=1S/C10H16ClN5O2/c1-15(2)9-12-7(8(17)18-6-5-11)13-10(14-9)16(3)4/h5-6H2,1-4H3. The van der Waals surface area contributed by atoms with Gasteiger partial charge in [0.1, 0.15) is 6.61 Å². The number of carbonyl (C=O) groups is 1. The summed E-state index contributed by atoms with van der Waals surface area (Å²) in [4.78, 5) is 27.3. The van der Waals surface area contributed by atoms with Crippen LogP contribution in [0.15, 0.2) is 0 Å². The van der Waals surface area contributed by atoms with Crippen molar-refractivity contribution in [3.05, 3.63) is 5.82 Å². The van der Waals surface area contributed by atoms with Crippen molar-refractivity contribution in [1.29, 1.82) is 0 Å². The fraction of sp³-hybridized carbons (Fsp3) is 0.600. The Labute approximate surface area is 111 Å². The summed E-state index contributed by atoms with van der Waals surface area (Å²) in [5.74, 6) is 0.391. The molecule has 1 rings (SSSR count). The maximum Gasteiger partial charge on any atom is 0.376 e. The predicted octanol–water partition coefficient (Wildman–Crippen LogP) is 0.399. The number of rotatable bonds is 5. The molecule has 0 aliphatic carbocycles. The van der Waals surface area contributed by atoms with Crippen LogP contribution in [0, 0.1) is 0 Å². The van der Waals surface area contributed by atoms with Crippen molar-refractivity contribution < 1.29 is 9.53 Å². The van der Waals surface area contributed by atoms with Gasteiger partial charge in [-0.25, -0.2) is 4.79 Å². The summed E-state index contributed by atoms with van der Waals surface area (Å²) >= 11 is 5.45. The molecule has 0 aromatic carbocycles. The molecule has 7 nitrogen and oxygen atoms in total. The zero-order valence-corrected chi connectivity index (χ0v) is 11.6. The number of nitrogens with zero attached hydrogens (tertiary/aromatic N) is 5. The van der Waals surface area contributed by atoms with Crippen LogP contribution in [0.25, 0.3) is 0 Å². The molecule has 0 amide bonds. The fourth-order valence-corrected chi connectivity index (χ4v) is 1.12. The lowest BCUT2D eigenvalue weighted by molar-refractivity contribution is 0.0514. The molecule has 0 aliphatic rings. The SMILES string of the molecule is CN(C)c1nc(C(=O)OCCCl)nc(N(C)C)n1. The van der Waals surface area contributed by atoms with Gasteiger partial charge in [-0.3, -0.25) is 0 Å². The molecule has 1 heterocycles. The third kappa shape index (κ3) is 3.69. The summed E-state index contributed by atoms with van der Waals surface area (Å²) in [6, 6.07) is 0. The Balaban J connectivity index is 3.06. The molecule has 1 aromatic heterocycles. The van der Waals surface area contributed by atoms with Crippen LogP contribution in [-0.2, 0) is 4.74 Å². The Morgan fingerprint density at radius 3 is 2.00 bits per heavy atom. The molecule has 0 spiro atoms. The highest BCUT2D eigenvalue weighted by atomic mass is 35.5. The maximum atomic E-state index is 11.7. The van der Waals surface area contributed by atoms with Crippen molar-refractivity contribution >= 4 is 29.5 Å². The molecule has 1 aromatic rings. The Kier molecular flexibility index (Phi) is 5.08. The van der Waals surface area contributed by atoms with Gasteiger partial charge >= 0.3 is 5.97 Å². The number of halogens is 1. The van der Waals surface area contributed by atoms with Gasteiger partial charge < -0.3 is 14.5 Å². The van der Waals surface area contributed by atoms with E-state index in [4.69, 9.17) is 16.3 Å². The molecule has 0 saturated heterocycles. The third-order valence-corrected chi connectivity index (χ3v) is 2.06. The van der Waals surface area contributed by atoms with E-state index in [0.29, 0.717) is 11.9 Å². The number of ether oxygens (including phenoxy) is 1. The van der Waals surface area contributed by atoms with E-state index < -0.39 is 5.97 Å². The monoisotopic (exact) mass is 273 g/mol. The Morgan fingerprint density at radius 2 is 1.61 bits per heavy atom. The topological polar surface area (TPSA) is 71.5 Å². The van der Waals surface area contributed by atoms with Gasteiger partial charge in [0.15, 0.2) is 0 Å². The minimum Gasteiger partial charge on any atom is -0.459 e. The van der Waals surface area contributed by atoms with Crippen molar-refractivity contribution in [3.63, 3.8) is 0 Å². The quantitative estimate of drug-likeness (QED) is 0.568. The lowest BCUT2D eigenvalue weighted by Crippen LogP contribution is -2.22. The van der Waals surface area contributed by atoms with E-state index in [-0.39, 0.29) is 18.3 Å². The Morgan fingerprint density at radius 1 is 1.11 bits per heavy atom. The average molecular weight is 274 g/mol. The molecule has 0 N–H and O–H groups in total. The first-order valence-corrected chi connectivity index (χ1v) is 5.83. The number of alkyl halides is 1. The second-order valence-electron chi connectivity index (χ2n) is 3.87. The molecule has 0 radical (unpaired) electrons. The van der Waals surface area contributed by atoms with Crippen molar-refractivity contribution in [2.45, 2.75) is 0 Å². The van der Waals surface area contributed by atoms with Gasteiger partial charge in [-0.15, -0.1) is 11.6 Å². The molecular formula is C10H16ClN5O2. The van der Waals surface area contributed by atoms with Crippen LogP contribution in [0.3, 0.4) is 0 Å². The second-order valence-corrected chi connectivity index (χ2v) is 4.25. The smallest absolute Gasteiger partial charge is 0.376 e. The van der Waals surface area contributed by atoms with Crippen LogP contribution >= 0.6 is 11.6 Å². The van der Waals surface area contributed by atoms with Gasteiger partial charge in [0.25, 0.3) is 0 Å². The lowest BCUT2D eigenvalue weighted by Gasteiger charge is -2.15. The van der Waals surface area contributed by atoms with E-state index in [1.807, 2.05) is 0 Å². The number of hydrogen-bond donors (Lipinski definition) is 0. The highest BCUT2D eigenvalue weighted by Gasteiger charge is 2.16. The molecule has 0 atom stereocenters. The maximum absolute atomic E-state index is 11.7. The van der Waals surface area contributed by atoms with Crippen LogP contribution in [0.5, 0.6) is 0 Å². The summed E-state index contributed by atoms with van der Waals surface area (Å²) in [6.45, 7) is 0.126. The third-order valence-electron chi connectivity index (χ3n) is 1.90. The highest BCUT2D eigenvalue weighted by molar-refractivity contribution is 6.18. The van der Waals surface area contributed by atoms with Gasteiger partial charge in [-0.1, -0.05) is 0 Å². The number of hydrogen-bond acceptors (Lipinski definition) is 7. The van der Waals surface area contributed by atoms with Crippen LogP contribution in [-0.4, -0.2) is 61.6 Å². The zero-order valence-electron chi connectivity index (χ0n) is 10.8. The summed E-state index contributed by atoms with van der Waals surface area (Å²) in [5.41, 5.74) is 0. The first kappa shape index (κ1) is 14.4. The van der Waals surface area contributed by atoms with Crippen molar-refractivity contribution in [2.75, 3.05) is 50.5 Å². The van der Waals surface area contributed by atoms with Gasteiger partial charge in [0.05, 0.1) is 5.88 Å². The van der Waals surface area contributed by atoms with E-state index in [9.17, 15) is 4.79 Å². The van der Waals surface area contributed by atoms with Gasteiger partial charge in [0.2, 0.25) is 17.7 Å². The second kappa shape index (κ2) is 6.34. The molecule has 0 fully saturated rings. The highest BCUT2D eigenvalue weighted by Crippen LogP contribution is 2.10. The summed E-state index contributed by atoms with van der Waals surface area (Å²) in [5, 5.41) is 0. The van der Waals surface area contributed by atoms with E-state index in [0.717, 1.165) is 0 Å². The molecule has 0 saturated carbocycles. The summed E-state index contributed by atoms with van der Waals surface area (Å²) in [7, 11) is 7.12. The summed E-state index contributed by atoms with van der Waals surface area (Å²) < 4.78 is 4.89. The Hall–Kier alpha value is -1.63. The Bertz CT molecular complexity index is 398. The van der Waals surface area contributed by atoms with Crippen molar-refractivity contribution in [2.24, 2.45) is 0 Å². The summed E-state index contributed by atoms with van der Waals surface area (Å²) in [6.07, 6.45) is 0.